The molecular formula is C23H20FN5O2S. The fourth-order valence-corrected chi connectivity index (χ4v) is 4.55. The van der Waals surface area contributed by atoms with Gasteiger partial charge in [-0.2, -0.15) is 0 Å². The number of nitrogens with one attached hydrogen (secondary N) is 1. The average molecular weight is 450 g/mol. The maximum absolute atomic E-state index is 15.1. The molecule has 0 unspecified atom stereocenters. The quantitative estimate of drug-likeness (QED) is 0.613. The van der Waals surface area contributed by atoms with Crippen LogP contribution in [0.2, 0.25) is 0 Å². The highest BCUT2D eigenvalue weighted by Gasteiger charge is 2.25. The maximum Gasteiger partial charge on any atom is 0.290 e. The Labute approximate surface area is 188 Å². The first-order chi connectivity index (χ1) is 15.5. The number of carbonyl (C=O) groups is 2. The van der Waals surface area contributed by atoms with Gasteiger partial charge in [0.15, 0.2) is 0 Å². The minimum absolute atomic E-state index is 0.267. The number of likely N-dealkylation sites (N-methyl/N-ethyl adjacent to an activating group) is 1. The number of nitrogens with zero attached hydrogens (tertiary/aromatic N) is 4. The standard InChI is InChI=1S/C23H20FN5O2S/c1-28-7-9-29(10-8-28)19-6-5-14(11-17(19)24)16-3-2-4-18-21(16)26-15(13-25-18)12-20-22(30)27-23(31)32-20/h2-6,11-13H,7-10H2,1H3,(H,27,30,31). The molecule has 2 saturated heterocycles. The smallest absolute Gasteiger partial charge is 0.290 e. The number of piperazine rings is 1. The molecule has 0 spiro atoms. The Kier molecular flexibility index (Phi) is 5.36. The molecule has 2 fully saturated rings. The Morgan fingerprint density at radius 3 is 2.66 bits per heavy atom. The van der Waals surface area contributed by atoms with Gasteiger partial charge in [0.25, 0.3) is 11.1 Å². The van der Waals surface area contributed by atoms with Crippen molar-refractivity contribution in [2.75, 3.05) is 38.1 Å². The highest BCUT2D eigenvalue weighted by atomic mass is 32.2. The molecule has 2 aliphatic rings. The topological polar surface area (TPSA) is 78.4 Å². The SMILES string of the molecule is CN1CCN(c2ccc(-c3cccc4ncc(C=C5SC(=O)NC5=O)nc34)cc2F)CC1. The molecular weight excluding hydrogens is 429 g/mol. The Morgan fingerprint density at radius 2 is 1.94 bits per heavy atom. The van der Waals surface area contributed by atoms with Gasteiger partial charge >= 0.3 is 0 Å². The number of carbonyl (C=O) groups excluding carboxylic acids is 2. The van der Waals surface area contributed by atoms with Crippen LogP contribution >= 0.6 is 11.8 Å². The molecule has 2 aromatic carbocycles. The number of rotatable bonds is 3. The third-order valence-electron chi connectivity index (χ3n) is 5.62. The lowest BCUT2D eigenvalue weighted by Crippen LogP contribution is -2.44. The molecule has 1 aromatic heterocycles. The molecule has 1 N–H and O–H groups in total. The molecule has 9 heteroatoms. The van der Waals surface area contributed by atoms with E-state index in [2.05, 4.69) is 32.1 Å². The van der Waals surface area contributed by atoms with Gasteiger partial charge in [-0.3, -0.25) is 19.9 Å². The third kappa shape index (κ3) is 3.96. The second kappa shape index (κ2) is 8.33. The zero-order valence-corrected chi connectivity index (χ0v) is 18.2. The van der Waals surface area contributed by atoms with Crippen LogP contribution in [0.4, 0.5) is 14.9 Å². The molecule has 3 aromatic rings. The van der Waals surface area contributed by atoms with Gasteiger partial charge in [-0.05, 0) is 48.6 Å². The van der Waals surface area contributed by atoms with E-state index in [1.165, 1.54) is 12.1 Å². The molecule has 2 aliphatic heterocycles. The Bertz CT molecular complexity index is 1270. The van der Waals surface area contributed by atoms with Gasteiger partial charge in [0, 0.05) is 31.7 Å². The van der Waals surface area contributed by atoms with Crippen molar-refractivity contribution in [2.24, 2.45) is 0 Å². The van der Waals surface area contributed by atoms with E-state index in [1.807, 2.05) is 30.3 Å². The summed E-state index contributed by atoms with van der Waals surface area (Å²) in [6.45, 7) is 3.39. The Morgan fingerprint density at radius 1 is 1.12 bits per heavy atom. The molecule has 2 amide bonds. The van der Waals surface area contributed by atoms with Crippen molar-refractivity contribution in [1.29, 1.82) is 0 Å². The number of amides is 2. The summed E-state index contributed by atoms with van der Waals surface area (Å²) in [7, 11) is 2.07. The number of aromatic nitrogens is 2. The van der Waals surface area contributed by atoms with Crippen molar-refractivity contribution in [3.05, 3.63) is 59.0 Å². The van der Waals surface area contributed by atoms with Crippen LogP contribution in [0.5, 0.6) is 0 Å². The number of para-hydroxylation sites is 1. The van der Waals surface area contributed by atoms with E-state index in [4.69, 9.17) is 0 Å². The predicted octanol–water partition coefficient (Wildman–Crippen LogP) is 3.51. The largest absolute Gasteiger partial charge is 0.367 e. The van der Waals surface area contributed by atoms with Crippen LogP contribution in [-0.2, 0) is 4.79 Å². The van der Waals surface area contributed by atoms with Crippen molar-refractivity contribution in [1.82, 2.24) is 20.2 Å². The molecule has 7 nitrogen and oxygen atoms in total. The number of halogens is 1. The lowest BCUT2D eigenvalue weighted by Gasteiger charge is -2.34. The first-order valence-electron chi connectivity index (χ1n) is 10.2. The second-order valence-electron chi connectivity index (χ2n) is 7.78. The van der Waals surface area contributed by atoms with Crippen LogP contribution in [-0.4, -0.2) is 59.2 Å². The van der Waals surface area contributed by atoms with Crippen molar-refractivity contribution >= 4 is 45.7 Å². The summed E-state index contributed by atoms with van der Waals surface area (Å²) in [5.74, 6) is -0.718. The molecule has 0 bridgehead atoms. The molecule has 0 aliphatic carbocycles. The van der Waals surface area contributed by atoms with Gasteiger partial charge in [0.05, 0.1) is 33.5 Å². The first-order valence-corrected chi connectivity index (χ1v) is 11.0. The summed E-state index contributed by atoms with van der Waals surface area (Å²) in [5.41, 5.74) is 3.77. The van der Waals surface area contributed by atoms with E-state index in [0.717, 1.165) is 43.5 Å². The molecule has 0 saturated carbocycles. The summed E-state index contributed by atoms with van der Waals surface area (Å²) in [6, 6.07) is 10.8. The van der Waals surface area contributed by atoms with Gasteiger partial charge < -0.3 is 9.80 Å². The third-order valence-corrected chi connectivity index (χ3v) is 6.43. The van der Waals surface area contributed by atoms with E-state index in [1.54, 1.807) is 6.20 Å². The number of hydrogen-bond donors (Lipinski definition) is 1. The highest BCUT2D eigenvalue weighted by Crippen LogP contribution is 2.31. The summed E-state index contributed by atoms with van der Waals surface area (Å²) in [4.78, 5) is 36.9. The van der Waals surface area contributed by atoms with Gasteiger partial charge in [-0.15, -0.1) is 0 Å². The van der Waals surface area contributed by atoms with Crippen LogP contribution in [0.25, 0.3) is 28.2 Å². The fraction of sp³-hybridized carbons (Fsp3) is 0.217. The van der Waals surface area contributed by atoms with Crippen molar-refractivity contribution in [2.45, 2.75) is 0 Å². The average Bonchev–Trinajstić information content (AvgIpc) is 3.10. The van der Waals surface area contributed by atoms with Gasteiger partial charge in [-0.25, -0.2) is 9.37 Å². The number of benzene rings is 2. The predicted molar refractivity (Wildman–Crippen MR) is 124 cm³/mol. The molecule has 5 rings (SSSR count). The van der Waals surface area contributed by atoms with Crippen LogP contribution in [0.15, 0.2) is 47.5 Å². The Hall–Kier alpha value is -3.30. The maximum atomic E-state index is 15.1. The van der Waals surface area contributed by atoms with Crippen molar-refractivity contribution in [3.8, 4) is 11.1 Å². The van der Waals surface area contributed by atoms with Crippen LogP contribution in [0.3, 0.4) is 0 Å². The monoisotopic (exact) mass is 449 g/mol. The minimum Gasteiger partial charge on any atom is -0.367 e. The van der Waals surface area contributed by atoms with E-state index < -0.39 is 11.1 Å². The fourth-order valence-electron chi connectivity index (χ4n) is 3.88. The van der Waals surface area contributed by atoms with E-state index in [9.17, 15) is 9.59 Å². The number of anilines is 1. The lowest BCUT2D eigenvalue weighted by atomic mass is 10.0. The molecule has 32 heavy (non-hydrogen) atoms. The number of imide groups is 1. The van der Waals surface area contributed by atoms with Crippen LogP contribution in [0.1, 0.15) is 5.69 Å². The van der Waals surface area contributed by atoms with E-state index >= 15 is 4.39 Å². The lowest BCUT2D eigenvalue weighted by molar-refractivity contribution is -0.115. The van der Waals surface area contributed by atoms with Gasteiger partial charge in [0.1, 0.15) is 5.82 Å². The summed E-state index contributed by atoms with van der Waals surface area (Å²) in [6.07, 6.45) is 3.08. The Balaban J connectivity index is 1.51. The van der Waals surface area contributed by atoms with Gasteiger partial charge in [0.2, 0.25) is 0 Å². The highest BCUT2D eigenvalue weighted by molar-refractivity contribution is 8.18. The molecule has 0 radical (unpaired) electrons. The van der Waals surface area contributed by atoms with Crippen LogP contribution < -0.4 is 10.2 Å². The number of hydrogen-bond acceptors (Lipinski definition) is 7. The number of thioether (sulfide) groups is 1. The summed E-state index contributed by atoms with van der Waals surface area (Å²) < 4.78 is 15.1. The molecule has 0 atom stereocenters. The van der Waals surface area contributed by atoms with Crippen molar-refractivity contribution in [3.63, 3.8) is 0 Å². The summed E-state index contributed by atoms with van der Waals surface area (Å²) in [5, 5.41) is 1.81. The first kappa shape index (κ1) is 20.6. The normalized spacial score (nSPS) is 18.6. The zero-order chi connectivity index (χ0) is 22.2. The van der Waals surface area contributed by atoms with E-state index in [-0.39, 0.29) is 10.7 Å². The van der Waals surface area contributed by atoms with Crippen molar-refractivity contribution < 1.29 is 14.0 Å². The minimum atomic E-state index is -0.447. The van der Waals surface area contributed by atoms with Crippen LogP contribution in [0, 0.1) is 5.82 Å². The molecule has 162 valence electrons. The zero-order valence-electron chi connectivity index (χ0n) is 17.3. The number of fused-ring (bicyclic) bond motifs is 1. The molecule has 3 heterocycles. The second-order valence-corrected chi connectivity index (χ2v) is 8.79. The summed E-state index contributed by atoms with van der Waals surface area (Å²) >= 11 is 0.828. The van der Waals surface area contributed by atoms with E-state index in [0.29, 0.717) is 28.0 Å². The van der Waals surface area contributed by atoms with Gasteiger partial charge in [-0.1, -0.05) is 18.2 Å².